The summed E-state index contributed by atoms with van der Waals surface area (Å²) in [5, 5.41) is 3.24. The normalized spacial score (nSPS) is 24.1. The molecule has 122 valence electrons. The Hall–Kier alpha value is -1.59. The first-order valence-corrected chi connectivity index (χ1v) is 9.12. The first-order chi connectivity index (χ1) is 11.2. The van der Waals surface area contributed by atoms with Gasteiger partial charge in [0, 0.05) is 30.6 Å². The average molecular weight is 330 g/mol. The maximum Gasteiger partial charge on any atom is 0.231 e. The number of rotatable bonds is 3. The van der Waals surface area contributed by atoms with Crippen molar-refractivity contribution < 1.29 is 9.47 Å². The van der Waals surface area contributed by atoms with Crippen LogP contribution in [0.1, 0.15) is 26.0 Å². The second kappa shape index (κ2) is 6.13. The van der Waals surface area contributed by atoms with Crippen LogP contribution in [0.15, 0.2) is 23.6 Å². The summed E-state index contributed by atoms with van der Waals surface area (Å²) >= 11 is 1.70. The maximum atomic E-state index is 5.46. The molecular weight excluding hydrogens is 308 g/mol. The van der Waals surface area contributed by atoms with Gasteiger partial charge in [-0.15, -0.1) is 11.3 Å². The van der Waals surface area contributed by atoms with E-state index in [1.54, 1.807) is 11.3 Å². The standard InChI is InChI=1S/C18H22N2O2S/c1-12-5-13(2)8-20(7-12)9-15-10-23-18(19-15)14-3-4-16-17(6-14)22-11-21-16/h3-4,6,10,12-13H,5,7-9,11H2,1-2H3/t12-,13-/m1/s1. The zero-order chi connectivity index (χ0) is 15.8. The highest BCUT2D eigenvalue weighted by Crippen LogP contribution is 2.36. The third kappa shape index (κ3) is 3.21. The molecule has 0 aliphatic carbocycles. The van der Waals surface area contributed by atoms with Gasteiger partial charge >= 0.3 is 0 Å². The van der Waals surface area contributed by atoms with Crippen LogP contribution in [0.5, 0.6) is 11.5 Å². The highest BCUT2D eigenvalue weighted by molar-refractivity contribution is 7.13. The molecule has 5 heteroatoms. The Labute approximate surface area is 141 Å². The molecule has 0 unspecified atom stereocenters. The van der Waals surface area contributed by atoms with Crippen molar-refractivity contribution in [2.45, 2.75) is 26.8 Å². The molecule has 1 aromatic heterocycles. The lowest BCUT2D eigenvalue weighted by Gasteiger charge is -2.34. The lowest BCUT2D eigenvalue weighted by molar-refractivity contribution is 0.133. The van der Waals surface area contributed by atoms with Crippen LogP contribution < -0.4 is 9.47 Å². The van der Waals surface area contributed by atoms with Gasteiger partial charge in [0.2, 0.25) is 6.79 Å². The molecule has 4 rings (SSSR count). The fourth-order valence-corrected chi connectivity index (χ4v) is 4.50. The van der Waals surface area contributed by atoms with E-state index >= 15 is 0 Å². The summed E-state index contributed by atoms with van der Waals surface area (Å²) < 4.78 is 10.8. The Morgan fingerprint density at radius 1 is 1.17 bits per heavy atom. The number of aromatic nitrogens is 1. The van der Waals surface area contributed by atoms with Gasteiger partial charge in [-0.25, -0.2) is 4.98 Å². The van der Waals surface area contributed by atoms with Crippen LogP contribution in [-0.2, 0) is 6.54 Å². The first kappa shape index (κ1) is 15.0. The van der Waals surface area contributed by atoms with Gasteiger partial charge in [-0.2, -0.15) is 0 Å². The van der Waals surface area contributed by atoms with Gasteiger partial charge in [-0.05, 0) is 36.5 Å². The van der Waals surface area contributed by atoms with Gasteiger partial charge in [0.15, 0.2) is 11.5 Å². The van der Waals surface area contributed by atoms with Gasteiger partial charge in [0.25, 0.3) is 0 Å². The minimum Gasteiger partial charge on any atom is -0.454 e. The van der Waals surface area contributed by atoms with E-state index in [0.717, 1.165) is 40.5 Å². The topological polar surface area (TPSA) is 34.6 Å². The van der Waals surface area contributed by atoms with Crippen molar-refractivity contribution in [2.75, 3.05) is 19.9 Å². The number of benzene rings is 1. The van der Waals surface area contributed by atoms with Gasteiger partial charge in [-0.1, -0.05) is 13.8 Å². The fraction of sp³-hybridized carbons (Fsp3) is 0.500. The van der Waals surface area contributed by atoms with E-state index < -0.39 is 0 Å². The number of fused-ring (bicyclic) bond motifs is 1. The third-order valence-corrected chi connectivity index (χ3v) is 5.44. The smallest absolute Gasteiger partial charge is 0.231 e. The highest BCUT2D eigenvalue weighted by atomic mass is 32.1. The number of likely N-dealkylation sites (tertiary alicyclic amines) is 1. The Bertz CT molecular complexity index is 690. The average Bonchev–Trinajstić information content (AvgIpc) is 3.14. The highest BCUT2D eigenvalue weighted by Gasteiger charge is 2.22. The molecule has 2 atom stereocenters. The largest absolute Gasteiger partial charge is 0.454 e. The number of thiazole rings is 1. The molecule has 1 fully saturated rings. The molecule has 2 aromatic rings. The predicted octanol–water partition coefficient (Wildman–Crippen LogP) is 4.02. The lowest BCUT2D eigenvalue weighted by Crippen LogP contribution is -2.38. The van der Waals surface area contributed by atoms with E-state index in [9.17, 15) is 0 Å². The van der Waals surface area contributed by atoms with Crippen LogP contribution in [0.2, 0.25) is 0 Å². The summed E-state index contributed by atoms with van der Waals surface area (Å²) in [7, 11) is 0. The zero-order valence-corrected chi connectivity index (χ0v) is 14.4. The second-order valence-corrected chi connectivity index (χ2v) is 7.71. The number of hydrogen-bond acceptors (Lipinski definition) is 5. The van der Waals surface area contributed by atoms with Crippen molar-refractivity contribution in [3.05, 3.63) is 29.3 Å². The van der Waals surface area contributed by atoms with E-state index in [1.165, 1.54) is 25.2 Å². The molecule has 0 bridgehead atoms. The number of ether oxygens (including phenoxy) is 2. The van der Waals surface area contributed by atoms with Gasteiger partial charge < -0.3 is 9.47 Å². The predicted molar refractivity (Wildman–Crippen MR) is 91.9 cm³/mol. The van der Waals surface area contributed by atoms with Crippen molar-refractivity contribution in [3.8, 4) is 22.1 Å². The fourth-order valence-electron chi connectivity index (χ4n) is 3.69. The molecule has 2 aliphatic heterocycles. The molecule has 0 saturated carbocycles. The van der Waals surface area contributed by atoms with E-state index in [4.69, 9.17) is 14.5 Å². The second-order valence-electron chi connectivity index (χ2n) is 6.85. The molecule has 23 heavy (non-hydrogen) atoms. The van der Waals surface area contributed by atoms with Crippen LogP contribution in [0, 0.1) is 11.8 Å². The Kier molecular flexibility index (Phi) is 3.99. The Morgan fingerprint density at radius 3 is 2.78 bits per heavy atom. The molecule has 0 radical (unpaired) electrons. The van der Waals surface area contributed by atoms with Crippen molar-refractivity contribution >= 4 is 11.3 Å². The van der Waals surface area contributed by atoms with Crippen molar-refractivity contribution in [1.29, 1.82) is 0 Å². The van der Waals surface area contributed by atoms with E-state index in [-0.39, 0.29) is 0 Å². The van der Waals surface area contributed by atoms with Crippen LogP contribution in [-0.4, -0.2) is 29.8 Å². The molecule has 0 spiro atoms. The van der Waals surface area contributed by atoms with Gasteiger partial charge in [-0.3, -0.25) is 4.90 Å². The molecule has 4 nitrogen and oxygen atoms in total. The van der Waals surface area contributed by atoms with Crippen LogP contribution >= 0.6 is 11.3 Å². The minimum absolute atomic E-state index is 0.313. The molecule has 0 amide bonds. The molecule has 1 saturated heterocycles. The third-order valence-electron chi connectivity index (χ3n) is 4.50. The van der Waals surface area contributed by atoms with Crippen LogP contribution in [0.4, 0.5) is 0 Å². The minimum atomic E-state index is 0.313. The Morgan fingerprint density at radius 2 is 1.96 bits per heavy atom. The summed E-state index contributed by atoms with van der Waals surface area (Å²) in [6.07, 6.45) is 1.34. The molecule has 3 heterocycles. The van der Waals surface area contributed by atoms with Crippen LogP contribution in [0.25, 0.3) is 10.6 Å². The summed E-state index contributed by atoms with van der Waals surface area (Å²) in [4.78, 5) is 7.37. The lowest BCUT2D eigenvalue weighted by atomic mass is 9.92. The monoisotopic (exact) mass is 330 g/mol. The van der Waals surface area contributed by atoms with E-state index in [0.29, 0.717) is 6.79 Å². The van der Waals surface area contributed by atoms with Crippen molar-refractivity contribution in [2.24, 2.45) is 11.8 Å². The van der Waals surface area contributed by atoms with Crippen molar-refractivity contribution in [1.82, 2.24) is 9.88 Å². The Balaban J connectivity index is 1.48. The number of nitrogens with zero attached hydrogens (tertiary/aromatic N) is 2. The maximum absolute atomic E-state index is 5.46. The summed E-state index contributed by atoms with van der Waals surface area (Å²) in [5.41, 5.74) is 2.27. The summed E-state index contributed by atoms with van der Waals surface area (Å²) in [6, 6.07) is 6.05. The van der Waals surface area contributed by atoms with E-state index in [1.807, 2.05) is 12.1 Å². The van der Waals surface area contributed by atoms with Gasteiger partial charge in [0.05, 0.1) is 5.69 Å². The zero-order valence-electron chi connectivity index (χ0n) is 13.6. The van der Waals surface area contributed by atoms with Gasteiger partial charge in [0.1, 0.15) is 5.01 Å². The first-order valence-electron chi connectivity index (χ1n) is 8.24. The van der Waals surface area contributed by atoms with Crippen LogP contribution in [0.3, 0.4) is 0 Å². The molecular formula is C18H22N2O2S. The molecule has 0 N–H and O–H groups in total. The van der Waals surface area contributed by atoms with Crippen molar-refractivity contribution in [3.63, 3.8) is 0 Å². The quantitative estimate of drug-likeness (QED) is 0.851. The number of hydrogen-bond donors (Lipinski definition) is 0. The molecule has 2 aliphatic rings. The summed E-state index contributed by atoms with van der Waals surface area (Å²) in [6.45, 7) is 8.33. The SMILES string of the molecule is C[C@@H]1C[C@@H](C)CN(Cc2csc(-c3ccc4c(c3)OCO4)n2)C1. The summed E-state index contributed by atoms with van der Waals surface area (Å²) in [5.74, 6) is 3.20. The number of piperidine rings is 1. The van der Waals surface area contributed by atoms with E-state index in [2.05, 4.69) is 30.2 Å². The molecule has 1 aromatic carbocycles.